The van der Waals surface area contributed by atoms with Gasteiger partial charge >= 0.3 is 0 Å². The number of benzene rings is 2. The molecule has 2 aromatic carbocycles. The summed E-state index contributed by atoms with van der Waals surface area (Å²) in [6.07, 6.45) is 3.88. The molecule has 6 rings (SSSR count). The normalized spacial score (nSPS) is 14.3. The van der Waals surface area contributed by atoms with E-state index in [0.717, 1.165) is 57.7 Å². The molecule has 0 atom stereocenters. The van der Waals surface area contributed by atoms with Gasteiger partial charge in [0.05, 0.1) is 36.1 Å². The van der Waals surface area contributed by atoms with E-state index in [-0.39, 0.29) is 0 Å². The summed E-state index contributed by atoms with van der Waals surface area (Å²) in [6.45, 7) is 2.88. The van der Waals surface area contributed by atoms with Gasteiger partial charge in [-0.05, 0) is 24.3 Å². The molecule has 0 amide bonds. The second-order valence-corrected chi connectivity index (χ2v) is 8.28. The summed E-state index contributed by atoms with van der Waals surface area (Å²) in [4.78, 5) is 11.9. The summed E-state index contributed by atoms with van der Waals surface area (Å²) < 4.78 is 9.23. The molecule has 9 heteroatoms. The zero-order chi connectivity index (χ0) is 22.4. The Kier molecular flexibility index (Phi) is 4.69. The molecule has 0 spiro atoms. The molecular weight excluding hydrogens is 416 g/mol. The van der Waals surface area contributed by atoms with E-state index in [4.69, 9.17) is 14.7 Å². The molecule has 1 fully saturated rings. The van der Waals surface area contributed by atoms with Gasteiger partial charge in [0.25, 0.3) is 0 Å². The van der Waals surface area contributed by atoms with Crippen molar-refractivity contribution in [2.75, 3.05) is 36.5 Å². The minimum absolute atomic E-state index is 0.674. The Morgan fingerprint density at radius 3 is 2.67 bits per heavy atom. The van der Waals surface area contributed by atoms with Crippen molar-refractivity contribution in [3.8, 4) is 11.3 Å². The summed E-state index contributed by atoms with van der Waals surface area (Å²) in [7, 11) is 3.88. The van der Waals surface area contributed by atoms with Crippen molar-refractivity contribution >= 4 is 39.3 Å². The Balaban J connectivity index is 1.42. The van der Waals surface area contributed by atoms with Crippen molar-refractivity contribution in [1.29, 1.82) is 0 Å². The zero-order valence-corrected chi connectivity index (χ0v) is 18.6. The third-order valence-corrected chi connectivity index (χ3v) is 5.95. The van der Waals surface area contributed by atoms with Gasteiger partial charge in [-0.3, -0.25) is 9.36 Å². The third kappa shape index (κ3) is 3.76. The van der Waals surface area contributed by atoms with Gasteiger partial charge in [-0.2, -0.15) is 15.2 Å². The van der Waals surface area contributed by atoms with Crippen LogP contribution in [0.15, 0.2) is 54.9 Å². The maximum atomic E-state index is 5.53. The molecule has 33 heavy (non-hydrogen) atoms. The number of anilines is 3. The van der Waals surface area contributed by atoms with Crippen molar-refractivity contribution in [2.24, 2.45) is 14.1 Å². The Labute approximate surface area is 190 Å². The maximum absolute atomic E-state index is 5.53. The number of ether oxygens (including phenoxy) is 1. The van der Waals surface area contributed by atoms with Crippen molar-refractivity contribution in [3.63, 3.8) is 0 Å². The quantitative estimate of drug-likeness (QED) is 0.458. The lowest BCUT2D eigenvalue weighted by molar-refractivity contribution is 0.122. The van der Waals surface area contributed by atoms with Crippen molar-refractivity contribution < 1.29 is 4.74 Å². The van der Waals surface area contributed by atoms with Crippen LogP contribution in [0.2, 0.25) is 0 Å². The molecule has 4 heterocycles. The van der Waals surface area contributed by atoms with Crippen LogP contribution in [0.4, 0.5) is 17.5 Å². The molecule has 3 aromatic heterocycles. The van der Waals surface area contributed by atoms with Gasteiger partial charge in [0, 0.05) is 61.5 Å². The summed E-state index contributed by atoms with van der Waals surface area (Å²) in [5, 5.41) is 14.5. The number of morpholine rings is 1. The second-order valence-electron chi connectivity index (χ2n) is 8.28. The third-order valence-electron chi connectivity index (χ3n) is 5.95. The first-order valence-electron chi connectivity index (χ1n) is 11.0. The fraction of sp³-hybridized carbons (Fsp3) is 0.250. The lowest BCUT2D eigenvalue weighted by Crippen LogP contribution is -2.37. The van der Waals surface area contributed by atoms with Crippen LogP contribution in [0.1, 0.15) is 0 Å². The van der Waals surface area contributed by atoms with E-state index >= 15 is 0 Å². The zero-order valence-electron chi connectivity index (χ0n) is 18.6. The van der Waals surface area contributed by atoms with Crippen LogP contribution >= 0.6 is 0 Å². The Morgan fingerprint density at radius 1 is 0.939 bits per heavy atom. The molecule has 0 unspecified atom stereocenters. The SMILES string of the molecule is Cn1cc2ccc(Nc3cc(-c4ccc5cnn(C)c5c4)nc(N4CCOCC4)n3)cc2n1. The molecule has 1 aliphatic rings. The molecule has 5 aromatic rings. The van der Waals surface area contributed by atoms with Gasteiger partial charge in [0.2, 0.25) is 5.95 Å². The number of hydrogen-bond donors (Lipinski definition) is 1. The molecule has 0 radical (unpaired) electrons. The number of nitrogens with zero attached hydrogens (tertiary/aromatic N) is 7. The second kappa shape index (κ2) is 7.86. The number of nitrogens with one attached hydrogen (secondary N) is 1. The fourth-order valence-corrected chi connectivity index (χ4v) is 4.22. The molecule has 1 N–H and O–H groups in total. The lowest BCUT2D eigenvalue weighted by atomic mass is 10.1. The van der Waals surface area contributed by atoms with Crippen molar-refractivity contribution in [3.05, 3.63) is 54.9 Å². The van der Waals surface area contributed by atoms with Crippen LogP contribution in [0, 0.1) is 0 Å². The van der Waals surface area contributed by atoms with E-state index in [0.29, 0.717) is 19.2 Å². The molecule has 1 saturated heterocycles. The monoisotopic (exact) mass is 440 g/mol. The first-order valence-corrected chi connectivity index (χ1v) is 11.0. The fourth-order valence-electron chi connectivity index (χ4n) is 4.22. The summed E-state index contributed by atoms with van der Waals surface area (Å²) >= 11 is 0. The largest absolute Gasteiger partial charge is 0.378 e. The predicted molar refractivity (Wildman–Crippen MR) is 129 cm³/mol. The van der Waals surface area contributed by atoms with Gasteiger partial charge in [-0.25, -0.2) is 4.98 Å². The molecule has 0 bridgehead atoms. The predicted octanol–water partition coefficient (Wildman–Crippen LogP) is 3.50. The molecule has 0 aliphatic carbocycles. The molecule has 1 aliphatic heterocycles. The minimum Gasteiger partial charge on any atom is -0.378 e. The summed E-state index contributed by atoms with van der Waals surface area (Å²) in [5.41, 5.74) is 4.81. The van der Waals surface area contributed by atoms with Crippen molar-refractivity contribution in [2.45, 2.75) is 0 Å². The van der Waals surface area contributed by atoms with E-state index in [1.54, 1.807) is 0 Å². The number of aryl methyl sites for hydroxylation is 2. The highest BCUT2D eigenvalue weighted by Gasteiger charge is 2.17. The van der Waals surface area contributed by atoms with Crippen LogP contribution in [-0.4, -0.2) is 55.8 Å². The highest BCUT2D eigenvalue weighted by Crippen LogP contribution is 2.28. The number of hydrogen-bond acceptors (Lipinski definition) is 7. The van der Waals surface area contributed by atoms with Gasteiger partial charge < -0.3 is 15.0 Å². The number of rotatable bonds is 4. The Morgan fingerprint density at radius 2 is 1.79 bits per heavy atom. The van der Waals surface area contributed by atoms with Gasteiger partial charge in [-0.1, -0.05) is 12.1 Å². The van der Waals surface area contributed by atoms with Crippen molar-refractivity contribution in [1.82, 2.24) is 29.5 Å². The molecule has 166 valence electrons. The lowest BCUT2D eigenvalue weighted by Gasteiger charge is -2.27. The van der Waals surface area contributed by atoms with E-state index in [9.17, 15) is 0 Å². The van der Waals surface area contributed by atoms with Crippen LogP contribution in [0.25, 0.3) is 33.1 Å². The van der Waals surface area contributed by atoms with Gasteiger partial charge in [0.15, 0.2) is 0 Å². The standard InChI is InChI=1S/C24H24N8O/c1-30-15-18-5-6-19(12-21(18)29-30)26-23-13-20(27-24(28-23)32-7-9-33-10-8-32)16-3-4-17-14-25-31(2)22(17)11-16/h3-6,11-15H,7-10H2,1-2H3,(H,26,27,28). The first-order chi connectivity index (χ1) is 16.1. The smallest absolute Gasteiger partial charge is 0.228 e. The minimum atomic E-state index is 0.674. The average molecular weight is 441 g/mol. The maximum Gasteiger partial charge on any atom is 0.228 e. The van der Waals surface area contributed by atoms with Gasteiger partial charge in [0.1, 0.15) is 5.82 Å². The highest BCUT2D eigenvalue weighted by atomic mass is 16.5. The van der Waals surface area contributed by atoms with E-state index in [2.05, 4.69) is 44.7 Å². The highest BCUT2D eigenvalue weighted by molar-refractivity contribution is 5.85. The summed E-state index contributed by atoms with van der Waals surface area (Å²) in [6, 6.07) is 14.4. The van der Waals surface area contributed by atoms with Crippen LogP contribution in [0.5, 0.6) is 0 Å². The van der Waals surface area contributed by atoms with Gasteiger partial charge in [-0.15, -0.1) is 0 Å². The average Bonchev–Trinajstić information content (AvgIpc) is 3.40. The number of fused-ring (bicyclic) bond motifs is 2. The van der Waals surface area contributed by atoms with Crippen LogP contribution in [-0.2, 0) is 18.8 Å². The first kappa shape index (κ1) is 19.7. The Bertz CT molecular complexity index is 1460. The van der Waals surface area contributed by atoms with E-state index < -0.39 is 0 Å². The summed E-state index contributed by atoms with van der Waals surface area (Å²) in [5.74, 6) is 1.43. The van der Waals surface area contributed by atoms with Crippen LogP contribution < -0.4 is 10.2 Å². The molecule has 9 nitrogen and oxygen atoms in total. The Hall–Kier alpha value is -3.98. The number of aromatic nitrogens is 6. The van der Waals surface area contributed by atoms with Crippen LogP contribution in [0.3, 0.4) is 0 Å². The van der Waals surface area contributed by atoms with E-state index in [1.807, 2.05) is 54.1 Å². The molecule has 0 saturated carbocycles. The molecular formula is C24H24N8O. The topological polar surface area (TPSA) is 85.9 Å². The van der Waals surface area contributed by atoms with E-state index in [1.165, 1.54) is 0 Å².